The highest BCUT2D eigenvalue weighted by Crippen LogP contribution is 2.26. The van der Waals surface area contributed by atoms with E-state index in [1.165, 1.54) is 30.3 Å². The largest absolute Gasteiger partial charge is 0.487 e. The van der Waals surface area contributed by atoms with Crippen LogP contribution in [0.3, 0.4) is 0 Å². The zero-order valence-corrected chi connectivity index (χ0v) is 16.9. The number of halogens is 5. The summed E-state index contributed by atoms with van der Waals surface area (Å²) >= 11 is 3.14. The summed E-state index contributed by atoms with van der Waals surface area (Å²) in [6.45, 7) is 1.39. The lowest BCUT2D eigenvalue weighted by molar-refractivity contribution is 0.296. The monoisotopic (exact) mass is 474 g/mol. The molecule has 0 bridgehead atoms. The van der Waals surface area contributed by atoms with Crippen molar-refractivity contribution in [1.82, 2.24) is 4.57 Å². The summed E-state index contributed by atoms with van der Waals surface area (Å²) in [6, 6.07) is 8.55. The first-order chi connectivity index (χ1) is 12.8. The molecule has 1 aromatic heterocycles. The summed E-state index contributed by atoms with van der Waals surface area (Å²) in [7, 11) is 0. The Morgan fingerprint density at radius 2 is 1.79 bits per heavy atom. The van der Waals surface area contributed by atoms with Crippen LogP contribution in [0.25, 0.3) is 5.69 Å². The molecular weight excluding hydrogens is 461 g/mol. The summed E-state index contributed by atoms with van der Waals surface area (Å²) in [5.41, 5.74) is 5.97. The smallest absolute Gasteiger partial charge is 0.273 e. The lowest BCUT2D eigenvalue weighted by atomic mass is 10.2. The molecule has 0 atom stereocenters. The van der Waals surface area contributed by atoms with Gasteiger partial charge in [0.2, 0.25) is 0 Å². The molecule has 0 spiro atoms. The van der Waals surface area contributed by atoms with Gasteiger partial charge in [0.05, 0.1) is 5.69 Å². The van der Waals surface area contributed by atoms with Crippen LogP contribution in [0.15, 0.2) is 51.7 Å². The molecule has 1 heterocycles. The SMILES string of the molecule is Cc1cc(OCc2ccc(F)cc2F)c(Br)c(=O)n1-c1cc(N)ccc1F.Cl. The van der Waals surface area contributed by atoms with Crippen molar-refractivity contribution in [3.05, 3.63) is 86.0 Å². The van der Waals surface area contributed by atoms with Gasteiger partial charge in [-0.1, -0.05) is 0 Å². The van der Waals surface area contributed by atoms with Gasteiger partial charge < -0.3 is 10.5 Å². The van der Waals surface area contributed by atoms with Gasteiger partial charge in [0, 0.05) is 29.1 Å². The number of aryl methyl sites for hydroxylation is 1. The normalized spacial score (nSPS) is 10.5. The number of ether oxygens (including phenoxy) is 1. The molecule has 0 aliphatic carbocycles. The number of hydrogen-bond acceptors (Lipinski definition) is 3. The minimum atomic E-state index is -0.752. The quantitative estimate of drug-likeness (QED) is 0.546. The Labute approximate surface area is 173 Å². The van der Waals surface area contributed by atoms with E-state index in [1.807, 2.05) is 0 Å². The molecular formula is C19H15BrClF3N2O2. The highest BCUT2D eigenvalue weighted by Gasteiger charge is 2.16. The number of nitrogens with zero attached hydrogens (tertiary/aromatic N) is 1. The van der Waals surface area contributed by atoms with E-state index in [4.69, 9.17) is 10.5 Å². The lowest BCUT2D eigenvalue weighted by Crippen LogP contribution is -2.23. The number of nitrogens with two attached hydrogens (primary N) is 1. The van der Waals surface area contributed by atoms with E-state index >= 15 is 0 Å². The Balaban J connectivity index is 0.00000280. The maximum atomic E-state index is 14.2. The van der Waals surface area contributed by atoms with Crippen molar-refractivity contribution in [2.24, 2.45) is 0 Å². The Kier molecular flexibility index (Phi) is 6.79. The maximum absolute atomic E-state index is 14.2. The molecule has 0 aliphatic rings. The molecule has 148 valence electrons. The Morgan fingerprint density at radius 1 is 1.07 bits per heavy atom. The van der Waals surface area contributed by atoms with Crippen LogP contribution in [0.1, 0.15) is 11.3 Å². The van der Waals surface area contributed by atoms with Crippen molar-refractivity contribution in [3.8, 4) is 11.4 Å². The van der Waals surface area contributed by atoms with Crippen LogP contribution in [-0.2, 0) is 6.61 Å². The van der Waals surface area contributed by atoms with E-state index < -0.39 is 23.0 Å². The third kappa shape index (κ3) is 4.34. The first-order valence-corrected chi connectivity index (χ1v) is 8.61. The van der Waals surface area contributed by atoms with Crippen LogP contribution >= 0.6 is 28.3 Å². The molecule has 0 fully saturated rings. The van der Waals surface area contributed by atoms with Crippen molar-refractivity contribution in [1.29, 1.82) is 0 Å². The molecule has 4 nitrogen and oxygen atoms in total. The van der Waals surface area contributed by atoms with E-state index in [-0.39, 0.29) is 40.5 Å². The van der Waals surface area contributed by atoms with Crippen molar-refractivity contribution in [2.45, 2.75) is 13.5 Å². The molecule has 0 saturated heterocycles. The standard InChI is InChI=1S/C19H14BrF3N2O2.ClH/c1-10-6-17(27-9-11-2-3-12(21)7-15(11)23)18(20)19(26)25(10)16-8-13(24)4-5-14(16)22;/h2-8H,9,24H2,1H3;1H. The van der Waals surface area contributed by atoms with Crippen molar-refractivity contribution >= 4 is 34.0 Å². The van der Waals surface area contributed by atoms with Crippen molar-refractivity contribution in [2.75, 3.05) is 5.73 Å². The van der Waals surface area contributed by atoms with E-state index in [9.17, 15) is 18.0 Å². The van der Waals surface area contributed by atoms with Gasteiger partial charge in [-0.2, -0.15) is 0 Å². The molecule has 2 aromatic carbocycles. The van der Waals surface area contributed by atoms with E-state index in [0.29, 0.717) is 11.4 Å². The number of pyridine rings is 1. The number of hydrogen-bond donors (Lipinski definition) is 1. The van der Waals surface area contributed by atoms with Crippen LogP contribution in [0.2, 0.25) is 0 Å². The third-order valence-corrected chi connectivity index (χ3v) is 4.64. The minimum Gasteiger partial charge on any atom is -0.487 e. The summed E-state index contributed by atoms with van der Waals surface area (Å²) in [5.74, 6) is -1.90. The Hall–Kier alpha value is -2.45. The highest BCUT2D eigenvalue weighted by atomic mass is 79.9. The summed E-state index contributed by atoms with van der Waals surface area (Å²) in [5, 5.41) is 0. The van der Waals surface area contributed by atoms with Gasteiger partial charge in [0.15, 0.2) is 0 Å². The second-order valence-electron chi connectivity index (χ2n) is 5.84. The zero-order valence-electron chi connectivity index (χ0n) is 14.5. The third-order valence-electron chi connectivity index (χ3n) is 3.91. The minimum absolute atomic E-state index is 0. The van der Waals surface area contributed by atoms with Crippen LogP contribution in [0, 0.1) is 24.4 Å². The lowest BCUT2D eigenvalue weighted by Gasteiger charge is -2.15. The first kappa shape index (κ1) is 21.8. The number of nitrogen functional groups attached to an aromatic ring is 1. The molecule has 0 unspecified atom stereocenters. The molecule has 2 N–H and O–H groups in total. The molecule has 0 aliphatic heterocycles. The fraction of sp³-hybridized carbons (Fsp3) is 0.105. The average molecular weight is 476 g/mol. The second-order valence-corrected chi connectivity index (χ2v) is 6.63. The second kappa shape index (κ2) is 8.70. The van der Waals surface area contributed by atoms with Gasteiger partial charge >= 0.3 is 0 Å². The van der Waals surface area contributed by atoms with Gasteiger partial charge in [-0.3, -0.25) is 9.36 Å². The number of benzene rings is 2. The predicted octanol–water partition coefficient (Wildman–Crippen LogP) is 4.91. The number of aromatic nitrogens is 1. The van der Waals surface area contributed by atoms with Crippen LogP contribution in [0.5, 0.6) is 5.75 Å². The molecule has 28 heavy (non-hydrogen) atoms. The van der Waals surface area contributed by atoms with Gasteiger partial charge in [-0.05, 0) is 53.2 Å². The zero-order chi connectivity index (χ0) is 19.7. The number of anilines is 1. The van der Waals surface area contributed by atoms with Crippen LogP contribution < -0.4 is 16.0 Å². The molecule has 3 rings (SSSR count). The molecule has 0 amide bonds. The fourth-order valence-electron chi connectivity index (χ4n) is 2.58. The van der Waals surface area contributed by atoms with Gasteiger partial charge in [-0.15, -0.1) is 12.4 Å². The van der Waals surface area contributed by atoms with Crippen LogP contribution in [-0.4, -0.2) is 4.57 Å². The highest BCUT2D eigenvalue weighted by molar-refractivity contribution is 9.10. The molecule has 0 saturated carbocycles. The summed E-state index contributed by atoms with van der Waals surface area (Å²) in [4.78, 5) is 12.7. The number of rotatable bonds is 4. The molecule has 0 radical (unpaired) electrons. The van der Waals surface area contributed by atoms with E-state index in [0.717, 1.165) is 16.7 Å². The summed E-state index contributed by atoms with van der Waals surface area (Å²) in [6.07, 6.45) is 0. The van der Waals surface area contributed by atoms with Gasteiger partial charge in [0.25, 0.3) is 5.56 Å². The fourth-order valence-corrected chi connectivity index (χ4v) is 2.99. The Bertz CT molecular complexity index is 1090. The van der Waals surface area contributed by atoms with Gasteiger partial charge in [-0.25, -0.2) is 13.2 Å². The first-order valence-electron chi connectivity index (χ1n) is 7.82. The van der Waals surface area contributed by atoms with E-state index in [2.05, 4.69) is 15.9 Å². The average Bonchev–Trinajstić information content (AvgIpc) is 2.61. The molecule has 9 heteroatoms. The van der Waals surface area contributed by atoms with Crippen molar-refractivity contribution < 1.29 is 17.9 Å². The molecule has 3 aromatic rings. The van der Waals surface area contributed by atoms with E-state index in [1.54, 1.807) is 6.92 Å². The topological polar surface area (TPSA) is 57.2 Å². The van der Waals surface area contributed by atoms with Gasteiger partial charge in [0.1, 0.15) is 34.3 Å². The van der Waals surface area contributed by atoms with Crippen molar-refractivity contribution in [3.63, 3.8) is 0 Å². The van der Waals surface area contributed by atoms with Crippen LogP contribution in [0.4, 0.5) is 18.9 Å². The predicted molar refractivity (Wildman–Crippen MR) is 107 cm³/mol. The Morgan fingerprint density at radius 3 is 2.46 bits per heavy atom. The summed E-state index contributed by atoms with van der Waals surface area (Å²) < 4.78 is 47.6. The maximum Gasteiger partial charge on any atom is 0.273 e.